The summed E-state index contributed by atoms with van der Waals surface area (Å²) < 4.78 is 4.92. The minimum atomic E-state index is -1.28. The van der Waals surface area contributed by atoms with Gasteiger partial charge >= 0.3 is 5.97 Å². The Hall–Kier alpha value is -0.900. The molecule has 76 valence electrons. The van der Waals surface area contributed by atoms with Crippen LogP contribution in [0.3, 0.4) is 0 Å². The van der Waals surface area contributed by atoms with Crippen molar-refractivity contribution in [1.82, 2.24) is 0 Å². The van der Waals surface area contributed by atoms with E-state index in [9.17, 15) is 9.59 Å². The molecule has 0 aromatic carbocycles. The second-order valence-corrected chi connectivity index (χ2v) is 2.91. The molecule has 0 heterocycles. The molecule has 1 unspecified atom stereocenters. The van der Waals surface area contributed by atoms with Crippen molar-refractivity contribution >= 4 is 11.8 Å². The van der Waals surface area contributed by atoms with Gasteiger partial charge in [-0.2, -0.15) is 0 Å². The van der Waals surface area contributed by atoms with Crippen molar-refractivity contribution in [2.45, 2.75) is 39.2 Å². The molecule has 0 aliphatic rings. The van der Waals surface area contributed by atoms with E-state index in [1.807, 2.05) is 6.92 Å². The normalized spacial score (nSPS) is 12.5. The highest BCUT2D eigenvalue weighted by atomic mass is 16.5. The van der Waals surface area contributed by atoms with Crippen LogP contribution in [-0.2, 0) is 14.3 Å². The molecule has 0 amide bonds. The van der Waals surface area contributed by atoms with Crippen molar-refractivity contribution in [3.8, 4) is 0 Å². The van der Waals surface area contributed by atoms with Gasteiger partial charge in [0.25, 0.3) is 0 Å². The Morgan fingerprint density at radius 2 is 2.00 bits per heavy atom. The van der Waals surface area contributed by atoms with Crippen LogP contribution in [0, 0.1) is 0 Å². The number of rotatable bonds is 7. The lowest BCUT2D eigenvalue weighted by molar-refractivity contribution is -0.155. The van der Waals surface area contributed by atoms with Crippen LogP contribution in [-0.4, -0.2) is 29.6 Å². The minimum absolute atomic E-state index is 0.338. The van der Waals surface area contributed by atoms with Gasteiger partial charge in [-0.3, -0.25) is 4.79 Å². The predicted octanol–water partition coefficient (Wildman–Crippen LogP) is 1.24. The number of unbranched alkanes of at least 4 members (excludes halogenated alkanes) is 2. The number of hydrogen-bond donors (Lipinski definition) is 1. The first-order valence-electron chi connectivity index (χ1n) is 4.44. The monoisotopic (exact) mass is 188 g/mol. The van der Waals surface area contributed by atoms with Crippen LogP contribution in [0.25, 0.3) is 0 Å². The van der Waals surface area contributed by atoms with Crippen molar-refractivity contribution in [1.29, 1.82) is 0 Å². The highest BCUT2D eigenvalue weighted by molar-refractivity contribution is 5.99. The van der Waals surface area contributed by atoms with Gasteiger partial charge in [-0.15, -0.1) is 0 Å². The van der Waals surface area contributed by atoms with Crippen LogP contribution < -0.4 is 0 Å². The van der Waals surface area contributed by atoms with E-state index in [0.29, 0.717) is 6.61 Å². The third kappa shape index (κ3) is 5.36. The van der Waals surface area contributed by atoms with Gasteiger partial charge in [0.15, 0.2) is 5.78 Å². The van der Waals surface area contributed by atoms with Crippen LogP contribution in [0.4, 0.5) is 0 Å². The molecule has 0 rings (SSSR count). The second kappa shape index (κ2) is 6.60. The van der Waals surface area contributed by atoms with Gasteiger partial charge in [-0.25, -0.2) is 4.79 Å². The summed E-state index contributed by atoms with van der Waals surface area (Å²) in [6.07, 6.45) is 1.55. The fourth-order valence-electron chi connectivity index (χ4n) is 0.916. The fraction of sp³-hybridized carbons (Fsp3) is 0.778. The van der Waals surface area contributed by atoms with E-state index in [0.717, 1.165) is 19.3 Å². The Morgan fingerprint density at radius 3 is 2.38 bits per heavy atom. The van der Waals surface area contributed by atoms with Crippen molar-refractivity contribution in [3.63, 3.8) is 0 Å². The predicted molar refractivity (Wildman–Crippen MR) is 47.6 cm³/mol. The summed E-state index contributed by atoms with van der Waals surface area (Å²) >= 11 is 0. The molecule has 4 heteroatoms. The average molecular weight is 188 g/mol. The van der Waals surface area contributed by atoms with E-state index >= 15 is 0 Å². The summed E-state index contributed by atoms with van der Waals surface area (Å²) in [5.74, 6) is -1.66. The number of ketones is 1. The first kappa shape index (κ1) is 12.1. The first-order chi connectivity index (χ1) is 6.09. The second-order valence-electron chi connectivity index (χ2n) is 2.91. The van der Waals surface area contributed by atoms with Crippen molar-refractivity contribution in [2.24, 2.45) is 0 Å². The number of carbonyl (C=O) groups excluding carboxylic acids is 1. The quantitative estimate of drug-likeness (QED) is 0.482. The van der Waals surface area contributed by atoms with E-state index < -0.39 is 17.9 Å². The Morgan fingerprint density at radius 1 is 1.38 bits per heavy atom. The van der Waals surface area contributed by atoms with Crippen LogP contribution in [0.2, 0.25) is 0 Å². The minimum Gasteiger partial charge on any atom is -0.479 e. The van der Waals surface area contributed by atoms with Crippen molar-refractivity contribution in [2.75, 3.05) is 6.61 Å². The summed E-state index contributed by atoms with van der Waals surface area (Å²) in [7, 11) is 0. The lowest BCUT2D eigenvalue weighted by Crippen LogP contribution is -2.31. The number of carbonyl (C=O) groups is 2. The van der Waals surface area contributed by atoms with Crippen molar-refractivity contribution < 1.29 is 19.4 Å². The third-order valence-electron chi connectivity index (χ3n) is 1.63. The zero-order chi connectivity index (χ0) is 10.3. The van der Waals surface area contributed by atoms with Gasteiger partial charge in [-0.05, 0) is 13.3 Å². The van der Waals surface area contributed by atoms with Crippen LogP contribution in [0.1, 0.15) is 33.1 Å². The molecule has 0 aliphatic carbocycles. The lowest BCUT2D eigenvalue weighted by atomic mass is 10.2. The van der Waals surface area contributed by atoms with E-state index in [4.69, 9.17) is 9.84 Å². The van der Waals surface area contributed by atoms with Gasteiger partial charge in [-0.1, -0.05) is 19.8 Å². The number of carboxylic acid groups (broad SMARTS) is 1. The Bertz CT molecular complexity index is 162. The SMILES string of the molecule is CCCCCOC(C(C)=O)C(=O)O. The number of carboxylic acids is 1. The standard InChI is InChI=1S/C9H16O4/c1-3-4-5-6-13-8(7(2)10)9(11)12/h8H,3-6H2,1-2H3,(H,11,12). The molecular weight excluding hydrogens is 172 g/mol. The first-order valence-corrected chi connectivity index (χ1v) is 4.44. The lowest BCUT2D eigenvalue weighted by Gasteiger charge is -2.09. The van der Waals surface area contributed by atoms with Crippen LogP contribution in [0.5, 0.6) is 0 Å². The molecule has 0 radical (unpaired) electrons. The van der Waals surface area contributed by atoms with E-state index in [2.05, 4.69) is 0 Å². The maximum atomic E-state index is 10.7. The number of aliphatic carboxylic acids is 1. The number of Topliss-reactive ketones (excluding diaryl/α,β-unsaturated/α-hetero) is 1. The van der Waals surface area contributed by atoms with Gasteiger partial charge < -0.3 is 9.84 Å². The molecule has 0 aromatic rings. The number of ether oxygens (including phenoxy) is 1. The topological polar surface area (TPSA) is 63.6 Å². The smallest absolute Gasteiger partial charge is 0.340 e. The highest BCUT2D eigenvalue weighted by Gasteiger charge is 2.22. The summed E-state index contributed by atoms with van der Waals surface area (Å²) in [6, 6.07) is 0. The molecule has 0 fully saturated rings. The highest BCUT2D eigenvalue weighted by Crippen LogP contribution is 1.99. The van der Waals surface area contributed by atoms with E-state index in [1.54, 1.807) is 0 Å². The molecule has 13 heavy (non-hydrogen) atoms. The molecule has 0 bridgehead atoms. The average Bonchev–Trinajstić information content (AvgIpc) is 2.02. The maximum Gasteiger partial charge on any atom is 0.340 e. The van der Waals surface area contributed by atoms with E-state index in [-0.39, 0.29) is 0 Å². The summed E-state index contributed by atoms with van der Waals surface area (Å²) in [5.41, 5.74) is 0. The largest absolute Gasteiger partial charge is 0.479 e. The van der Waals surface area contributed by atoms with Crippen LogP contribution >= 0.6 is 0 Å². The van der Waals surface area contributed by atoms with Gasteiger partial charge in [0, 0.05) is 6.61 Å². The maximum absolute atomic E-state index is 10.7. The van der Waals surface area contributed by atoms with E-state index in [1.165, 1.54) is 6.92 Å². The molecule has 1 N–H and O–H groups in total. The molecule has 0 spiro atoms. The van der Waals surface area contributed by atoms with Crippen LogP contribution in [0.15, 0.2) is 0 Å². The molecule has 0 saturated carbocycles. The molecular formula is C9H16O4. The Balaban J connectivity index is 3.71. The molecule has 0 saturated heterocycles. The fourth-order valence-corrected chi connectivity index (χ4v) is 0.916. The molecule has 4 nitrogen and oxygen atoms in total. The Kier molecular flexibility index (Phi) is 6.14. The zero-order valence-electron chi connectivity index (χ0n) is 8.08. The Labute approximate surface area is 77.9 Å². The molecule has 1 atom stereocenters. The third-order valence-corrected chi connectivity index (χ3v) is 1.63. The summed E-state index contributed by atoms with van der Waals surface area (Å²) in [4.78, 5) is 21.2. The summed E-state index contributed by atoms with van der Waals surface area (Å²) in [6.45, 7) is 3.60. The summed E-state index contributed by atoms with van der Waals surface area (Å²) in [5, 5.41) is 8.55. The molecule has 0 aromatic heterocycles. The molecule has 0 aliphatic heterocycles. The van der Waals surface area contributed by atoms with Gasteiger partial charge in [0.1, 0.15) is 0 Å². The number of hydrogen-bond acceptors (Lipinski definition) is 3. The van der Waals surface area contributed by atoms with Gasteiger partial charge in [0.2, 0.25) is 6.10 Å². The van der Waals surface area contributed by atoms with Crippen molar-refractivity contribution in [3.05, 3.63) is 0 Å². The zero-order valence-corrected chi connectivity index (χ0v) is 8.08. The van der Waals surface area contributed by atoms with Gasteiger partial charge in [0.05, 0.1) is 0 Å².